The number of para-hydroxylation sites is 2. The number of carbonyl (C=O) groups excluding carboxylic acids is 1. The monoisotopic (exact) mass is 385 g/mol. The summed E-state index contributed by atoms with van der Waals surface area (Å²) in [6.07, 6.45) is 1.25. The van der Waals surface area contributed by atoms with Crippen LogP contribution in [-0.4, -0.2) is 71.1 Å². The van der Waals surface area contributed by atoms with Crippen molar-refractivity contribution in [1.82, 2.24) is 24.7 Å². The fourth-order valence-electron chi connectivity index (χ4n) is 3.70. The van der Waals surface area contributed by atoms with E-state index in [1.807, 2.05) is 24.3 Å². The lowest BCUT2D eigenvalue weighted by atomic mass is 10.2. The number of rotatable bonds is 8. The lowest BCUT2D eigenvalue weighted by Crippen LogP contribution is -2.46. The number of nitrogens with one attached hydrogen (secondary N) is 1. The van der Waals surface area contributed by atoms with E-state index in [0.717, 1.165) is 56.7 Å². The number of fused-ring (bicyclic) bond motifs is 1. The van der Waals surface area contributed by atoms with Gasteiger partial charge in [-0.2, -0.15) is 0 Å². The van der Waals surface area contributed by atoms with Gasteiger partial charge in [0.1, 0.15) is 5.69 Å². The van der Waals surface area contributed by atoms with Crippen LogP contribution in [0.25, 0.3) is 11.0 Å². The van der Waals surface area contributed by atoms with Crippen LogP contribution in [0.15, 0.2) is 29.1 Å². The minimum Gasteiger partial charge on any atom is -0.356 e. The molecule has 1 aromatic carbocycles. The molecule has 0 radical (unpaired) electrons. The van der Waals surface area contributed by atoms with Crippen LogP contribution in [0, 0.1) is 6.92 Å². The van der Waals surface area contributed by atoms with Gasteiger partial charge in [-0.25, -0.2) is 4.98 Å². The summed E-state index contributed by atoms with van der Waals surface area (Å²) >= 11 is 0. The van der Waals surface area contributed by atoms with Gasteiger partial charge in [0.15, 0.2) is 0 Å². The zero-order valence-electron chi connectivity index (χ0n) is 17.0. The predicted octanol–water partition coefficient (Wildman–Crippen LogP) is 1.24. The molecule has 0 unspecified atom stereocenters. The van der Waals surface area contributed by atoms with Crippen molar-refractivity contribution in [3.05, 3.63) is 40.3 Å². The number of hydrogen-bond donors (Lipinski definition) is 1. The van der Waals surface area contributed by atoms with E-state index in [4.69, 9.17) is 0 Å². The summed E-state index contributed by atoms with van der Waals surface area (Å²) < 4.78 is 1.66. The molecule has 0 saturated carbocycles. The van der Waals surface area contributed by atoms with Crippen LogP contribution in [0.1, 0.15) is 25.5 Å². The molecule has 1 saturated heterocycles. The number of carbonyl (C=O) groups is 1. The Bertz CT molecular complexity index is 855. The molecule has 2 aromatic rings. The fraction of sp³-hybridized carbons (Fsp3) is 0.571. The number of piperazine rings is 1. The van der Waals surface area contributed by atoms with E-state index < -0.39 is 0 Å². The van der Waals surface area contributed by atoms with Crippen molar-refractivity contribution in [2.75, 3.05) is 45.8 Å². The van der Waals surface area contributed by atoms with Gasteiger partial charge < -0.3 is 19.7 Å². The normalized spacial score (nSPS) is 15.8. The maximum absolute atomic E-state index is 12.4. The zero-order chi connectivity index (χ0) is 19.9. The van der Waals surface area contributed by atoms with Crippen molar-refractivity contribution in [1.29, 1.82) is 0 Å². The minimum atomic E-state index is -0.127. The Morgan fingerprint density at radius 1 is 1.11 bits per heavy atom. The van der Waals surface area contributed by atoms with Gasteiger partial charge in [0.05, 0.1) is 11.0 Å². The predicted molar refractivity (Wildman–Crippen MR) is 112 cm³/mol. The van der Waals surface area contributed by atoms with Crippen LogP contribution < -0.4 is 10.9 Å². The van der Waals surface area contributed by atoms with Gasteiger partial charge in [0.25, 0.3) is 5.56 Å². The fourth-order valence-corrected chi connectivity index (χ4v) is 3.70. The van der Waals surface area contributed by atoms with Gasteiger partial charge in [-0.15, -0.1) is 0 Å². The van der Waals surface area contributed by atoms with Crippen molar-refractivity contribution in [3.63, 3.8) is 0 Å². The molecule has 7 nitrogen and oxygen atoms in total. The van der Waals surface area contributed by atoms with E-state index in [-0.39, 0.29) is 11.5 Å². The van der Waals surface area contributed by atoms with Crippen molar-refractivity contribution < 1.29 is 4.79 Å². The highest BCUT2D eigenvalue weighted by atomic mass is 16.1. The third kappa shape index (κ3) is 5.17. The summed E-state index contributed by atoms with van der Waals surface area (Å²) in [6, 6.07) is 7.55. The Kier molecular flexibility index (Phi) is 7.17. The molecule has 1 amide bonds. The van der Waals surface area contributed by atoms with Crippen LogP contribution in [0.2, 0.25) is 0 Å². The van der Waals surface area contributed by atoms with Crippen molar-refractivity contribution >= 4 is 16.9 Å². The average Bonchev–Trinajstić information content (AvgIpc) is 2.72. The highest BCUT2D eigenvalue weighted by molar-refractivity contribution is 5.77. The van der Waals surface area contributed by atoms with Crippen molar-refractivity contribution in [3.8, 4) is 0 Å². The summed E-state index contributed by atoms with van der Waals surface area (Å²) in [7, 11) is 0. The van der Waals surface area contributed by atoms with Crippen LogP contribution in [0.5, 0.6) is 0 Å². The summed E-state index contributed by atoms with van der Waals surface area (Å²) in [4.78, 5) is 33.9. The van der Waals surface area contributed by atoms with E-state index in [0.29, 0.717) is 25.2 Å². The van der Waals surface area contributed by atoms with Gasteiger partial charge in [-0.3, -0.25) is 9.59 Å². The average molecular weight is 386 g/mol. The number of aromatic nitrogens is 2. The molecule has 1 N–H and O–H groups in total. The molecule has 3 rings (SSSR count). The lowest BCUT2D eigenvalue weighted by Gasteiger charge is -2.33. The molecule has 0 bridgehead atoms. The molecule has 1 aliphatic rings. The minimum absolute atomic E-state index is 0.0127. The van der Waals surface area contributed by atoms with Crippen LogP contribution >= 0.6 is 0 Å². The highest BCUT2D eigenvalue weighted by Gasteiger charge is 2.15. The number of likely N-dealkylation sites (N-methyl/N-ethyl adjacent to an activating group) is 1. The molecule has 7 heteroatoms. The summed E-state index contributed by atoms with van der Waals surface area (Å²) in [5.74, 6) is -0.0127. The van der Waals surface area contributed by atoms with Crippen LogP contribution in [0.3, 0.4) is 0 Å². The molecule has 1 aliphatic heterocycles. The molecule has 2 heterocycles. The SMILES string of the molecule is CCN1CCN(CCCNC(=O)CCn2c(=O)c(C)nc3ccccc32)CC1. The Balaban J connectivity index is 1.43. The molecule has 0 atom stereocenters. The Morgan fingerprint density at radius 3 is 2.57 bits per heavy atom. The molecule has 152 valence electrons. The summed E-state index contributed by atoms with van der Waals surface area (Å²) in [6.45, 7) is 11.6. The van der Waals surface area contributed by atoms with Gasteiger partial charge in [0.2, 0.25) is 5.91 Å². The first-order valence-corrected chi connectivity index (χ1v) is 10.3. The van der Waals surface area contributed by atoms with Crippen molar-refractivity contribution in [2.24, 2.45) is 0 Å². The maximum Gasteiger partial charge on any atom is 0.272 e. The summed E-state index contributed by atoms with van der Waals surface area (Å²) in [5.41, 5.74) is 1.89. The molecule has 0 spiro atoms. The molecule has 0 aliphatic carbocycles. The Labute approximate surface area is 166 Å². The largest absolute Gasteiger partial charge is 0.356 e. The molecular formula is C21H31N5O2. The third-order valence-electron chi connectivity index (χ3n) is 5.46. The first kappa shape index (κ1) is 20.5. The Morgan fingerprint density at radius 2 is 1.82 bits per heavy atom. The van der Waals surface area contributed by atoms with Gasteiger partial charge in [0, 0.05) is 45.7 Å². The van der Waals surface area contributed by atoms with E-state index in [1.165, 1.54) is 0 Å². The standard InChI is InChI=1S/C21H31N5O2/c1-3-24-13-15-25(16-14-24)11-6-10-22-20(27)9-12-26-19-8-5-4-7-18(19)23-17(2)21(26)28/h4-5,7-8H,3,6,9-16H2,1-2H3,(H,22,27). The highest BCUT2D eigenvalue weighted by Crippen LogP contribution is 2.10. The lowest BCUT2D eigenvalue weighted by molar-refractivity contribution is -0.121. The molecule has 28 heavy (non-hydrogen) atoms. The number of aryl methyl sites for hydroxylation is 2. The van der Waals surface area contributed by atoms with Crippen LogP contribution in [-0.2, 0) is 11.3 Å². The van der Waals surface area contributed by atoms with E-state index >= 15 is 0 Å². The first-order valence-electron chi connectivity index (χ1n) is 10.3. The van der Waals surface area contributed by atoms with Gasteiger partial charge >= 0.3 is 0 Å². The van der Waals surface area contributed by atoms with Gasteiger partial charge in [-0.1, -0.05) is 19.1 Å². The second-order valence-electron chi connectivity index (χ2n) is 7.37. The number of hydrogen-bond acceptors (Lipinski definition) is 5. The van der Waals surface area contributed by atoms with E-state index in [9.17, 15) is 9.59 Å². The topological polar surface area (TPSA) is 70.5 Å². The molecule has 1 fully saturated rings. The number of nitrogens with zero attached hydrogens (tertiary/aromatic N) is 4. The Hall–Kier alpha value is -2.25. The maximum atomic E-state index is 12.4. The third-order valence-corrected chi connectivity index (χ3v) is 5.46. The number of benzene rings is 1. The van der Waals surface area contributed by atoms with E-state index in [1.54, 1.807) is 11.5 Å². The summed E-state index contributed by atoms with van der Waals surface area (Å²) in [5, 5.41) is 2.99. The van der Waals surface area contributed by atoms with Crippen LogP contribution in [0.4, 0.5) is 0 Å². The molecular weight excluding hydrogens is 354 g/mol. The second-order valence-corrected chi connectivity index (χ2v) is 7.37. The van der Waals surface area contributed by atoms with E-state index in [2.05, 4.69) is 27.0 Å². The first-order chi connectivity index (χ1) is 13.6. The molecule has 1 aromatic heterocycles. The smallest absolute Gasteiger partial charge is 0.272 e. The zero-order valence-corrected chi connectivity index (χ0v) is 17.0. The number of amides is 1. The second kappa shape index (κ2) is 9.80. The quantitative estimate of drug-likeness (QED) is 0.693. The van der Waals surface area contributed by atoms with Crippen molar-refractivity contribution in [2.45, 2.75) is 33.2 Å². The van der Waals surface area contributed by atoms with Gasteiger partial charge in [-0.05, 0) is 38.6 Å².